The van der Waals surface area contributed by atoms with E-state index >= 15 is 0 Å². The number of ketones is 1. The number of carbonyl (C=O) groups excluding carboxylic acids is 1. The Bertz CT molecular complexity index is 389. The standard InChI is InChI=1S/C13H18N2O/c1-9-5-6-15-8-12(9)13(16)11-4-2-3-10(11)7-14/h5-6,8,10-11H,2-4,7,14H2,1H3. The van der Waals surface area contributed by atoms with Crippen LogP contribution in [0, 0.1) is 18.8 Å². The molecule has 2 rings (SSSR count). The van der Waals surface area contributed by atoms with E-state index in [1.165, 1.54) is 0 Å². The average Bonchev–Trinajstić information content (AvgIpc) is 2.77. The molecule has 1 aromatic heterocycles. The van der Waals surface area contributed by atoms with E-state index in [0.29, 0.717) is 12.5 Å². The van der Waals surface area contributed by atoms with Gasteiger partial charge in [-0.15, -0.1) is 0 Å². The molecule has 1 heterocycles. The molecule has 16 heavy (non-hydrogen) atoms. The van der Waals surface area contributed by atoms with Gasteiger partial charge in [-0.25, -0.2) is 0 Å². The van der Waals surface area contributed by atoms with Crippen molar-refractivity contribution >= 4 is 5.78 Å². The molecule has 0 saturated heterocycles. The van der Waals surface area contributed by atoms with E-state index in [-0.39, 0.29) is 11.7 Å². The van der Waals surface area contributed by atoms with Crippen LogP contribution >= 0.6 is 0 Å². The monoisotopic (exact) mass is 218 g/mol. The minimum Gasteiger partial charge on any atom is -0.330 e. The predicted molar refractivity (Wildman–Crippen MR) is 63.2 cm³/mol. The molecule has 0 amide bonds. The van der Waals surface area contributed by atoms with Crippen LogP contribution in [-0.4, -0.2) is 17.3 Å². The molecule has 0 radical (unpaired) electrons. The quantitative estimate of drug-likeness (QED) is 0.789. The Morgan fingerprint density at radius 2 is 2.38 bits per heavy atom. The lowest BCUT2D eigenvalue weighted by Crippen LogP contribution is -2.25. The third-order valence-electron chi connectivity index (χ3n) is 3.60. The molecule has 1 saturated carbocycles. The Morgan fingerprint density at radius 1 is 1.56 bits per heavy atom. The summed E-state index contributed by atoms with van der Waals surface area (Å²) in [7, 11) is 0. The number of hydrogen-bond acceptors (Lipinski definition) is 3. The SMILES string of the molecule is Cc1ccncc1C(=O)C1CCCC1CN. The van der Waals surface area contributed by atoms with Gasteiger partial charge in [0, 0.05) is 23.9 Å². The van der Waals surface area contributed by atoms with Crippen molar-refractivity contribution in [3.05, 3.63) is 29.6 Å². The van der Waals surface area contributed by atoms with Gasteiger partial charge in [0.15, 0.2) is 5.78 Å². The van der Waals surface area contributed by atoms with Gasteiger partial charge in [0.05, 0.1) is 0 Å². The second-order valence-corrected chi connectivity index (χ2v) is 4.59. The first-order valence-electron chi connectivity index (χ1n) is 5.89. The van der Waals surface area contributed by atoms with E-state index < -0.39 is 0 Å². The fourth-order valence-electron chi connectivity index (χ4n) is 2.59. The van der Waals surface area contributed by atoms with Crippen LogP contribution in [0.4, 0.5) is 0 Å². The lowest BCUT2D eigenvalue weighted by molar-refractivity contribution is 0.0892. The second-order valence-electron chi connectivity index (χ2n) is 4.59. The normalized spacial score (nSPS) is 24.6. The molecule has 3 nitrogen and oxygen atoms in total. The van der Waals surface area contributed by atoms with Gasteiger partial charge in [-0.2, -0.15) is 0 Å². The van der Waals surface area contributed by atoms with E-state index in [4.69, 9.17) is 5.73 Å². The van der Waals surface area contributed by atoms with Crippen LogP contribution < -0.4 is 5.73 Å². The molecular weight excluding hydrogens is 200 g/mol. The minimum absolute atomic E-state index is 0.118. The van der Waals surface area contributed by atoms with Crippen LogP contribution in [0.3, 0.4) is 0 Å². The summed E-state index contributed by atoms with van der Waals surface area (Å²) in [5.74, 6) is 0.721. The van der Waals surface area contributed by atoms with Crippen molar-refractivity contribution in [2.45, 2.75) is 26.2 Å². The summed E-state index contributed by atoms with van der Waals surface area (Å²) in [6.07, 6.45) is 6.60. The summed E-state index contributed by atoms with van der Waals surface area (Å²) in [5.41, 5.74) is 7.50. The zero-order valence-electron chi connectivity index (χ0n) is 9.65. The first-order valence-corrected chi connectivity index (χ1v) is 5.89. The molecule has 1 fully saturated rings. The molecule has 0 bridgehead atoms. The van der Waals surface area contributed by atoms with Crippen molar-refractivity contribution in [3.8, 4) is 0 Å². The molecule has 0 spiro atoms. The summed E-state index contributed by atoms with van der Waals surface area (Å²) in [4.78, 5) is 16.4. The topological polar surface area (TPSA) is 56.0 Å². The molecule has 86 valence electrons. The molecule has 2 N–H and O–H groups in total. The lowest BCUT2D eigenvalue weighted by atomic mass is 9.88. The summed E-state index contributed by atoms with van der Waals surface area (Å²) >= 11 is 0. The number of pyridine rings is 1. The van der Waals surface area contributed by atoms with E-state index in [2.05, 4.69) is 4.98 Å². The summed E-state index contributed by atoms with van der Waals surface area (Å²) in [5, 5.41) is 0. The van der Waals surface area contributed by atoms with Gasteiger partial charge in [0.1, 0.15) is 0 Å². The Hall–Kier alpha value is -1.22. The first-order chi connectivity index (χ1) is 7.74. The smallest absolute Gasteiger partial charge is 0.168 e. The Labute approximate surface area is 96.1 Å². The molecule has 1 aliphatic carbocycles. The average molecular weight is 218 g/mol. The van der Waals surface area contributed by atoms with Gasteiger partial charge in [0.25, 0.3) is 0 Å². The number of hydrogen-bond donors (Lipinski definition) is 1. The summed E-state index contributed by atoms with van der Waals surface area (Å²) in [6.45, 7) is 2.58. The van der Waals surface area contributed by atoms with E-state index in [1.807, 2.05) is 13.0 Å². The zero-order valence-corrected chi connectivity index (χ0v) is 9.65. The van der Waals surface area contributed by atoms with Crippen molar-refractivity contribution in [1.29, 1.82) is 0 Å². The van der Waals surface area contributed by atoms with E-state index in [9.17, 15) is 4.79 Å². The molecule has 3 heteroatoms. The molecule has 0 aliphatic heterocycles. The highest BCUT2D eigenvalue weighted by atomic mass is 16.1. The summed E-state index contributed by atoms with van der Waals surface area (Å²) < 4.78 is 0. The number of nitrogens with zero attached hydrogens (tertiary/aromatic N) is 1. The minimum atomic E-state index is 0.118. The highest BCUT2D eigenvalue weighted by Crippen LogP contribution is 2.33. The van der Waals surface area contributed by atoms with Crippen LogP contribution in [-0.2, 0) is 0 Å². The molecule has 0 aromatic carbocycles. The van der Waals surface area contributed by atoms with Gasteiger partial charge >= 0.3 is 0 Å². The maximum absolute atomic E-state index is 12.3. The van der Waals surface area contributed by atoms with Crippen LogP contribution in [0.25, 0.3) is 0 Å². The van der Waals surface area contributed by atoms with Gasteiger partial charge in [-0.05, 0) is 43.9 Å². The number of carbonyl (C=O) groups is 1. The predicted octanol–water partition coefficient (Wildman–Crippen LogP) is 1.95. The van der Waals surface area contributed by atoms with Crippen LogP contribution in [0.1, 0.15) is 35.2 Å². The highest BCUT2D eigenvalue weighted by molar-refractivity contribution is 5.99. The van der Waals surface area contributed by atoms with Crippen molar-refractivity contribution in [3.63, 3.8) is 0 Å². The Morgan fingerprint density at radius 3 is 3.06 bits per heavy atom. The maximum atomic E-state index is 12.3. The Balaban J connectivity index is 2.22. The van der Waals surface area contributed by atoms with Gasteiger partial charge in [0.2, 0.25) is 0 Å². The number of rotatable bonds is 3. The zero-order chi connectivity index (χ0) is 11.5. The molecule has 1 aliphatic rings. The van der Waals surface area contributed by atoms with Crippen LogP contribution in [0.2, 0.25) is 0 Å². The number of Topliss-reactive ketones (excluding diaryl/α,β-unsaturated/α-hetero) is 1. The Kier molecular flexibility index (Phi) is 3.34. The molecule has 2 atom stereocenters. The molecule has 1 aromatic rings. The largest absolute Gasteiger partial charge is 0.330 e. The number of nitrogens with two attached hydrogens (primary N) is 1. The second kappa shape index (κ2) is 4.74. The van der Waals surface area contributed by atoms with E-state index in [1.54, 1.807) is 12.4 Å². The highest BCUT2D eigenvalue weighted by Gasteiger charge is 2.32. The van der Waals surface area contributed by atoms with Crippen molar-refractivity contribution in [1.82, 2.24) is 4.98 Å². The molecule has 2 unspecified atom stereocenters. The van der Waals surface area contributed by atoms with Crippen molar-refractivity contribution in [2.75, 3.05) is 6.54 Å². The van der Waals surface area contributed by atoms with Crippen LogP contribution in [0.5, 0.6) is 0 Å². The van der Waals surface area contributed by atoms with Gasteiger partial charge in [-0.3, -0.25) is 9.78 Å². The maximum Gasteiger partial charge on any atom is 0.168 e. The fraction of sp³-hybridized carbons (Fsp3) is 0.538. The van der Waals surface area contributed by atoms with Crippen molar-refractivity contribution < 1.29 is 4.79 Å². The third-order valence-corrected chi connectivity index (χ3v) is 3.60. The first kappa shape index (κ1) is 11.3. The van der Waals surface area contributed by atoms with Crippen LogP contribution in [0.15, 0.2) is 18.5 Å². The fourth-order valence-corrected chi connectivity index (χ4v) is 2.59. The number of aromatic nitrogens is 1. The van der Waals surface area contributed by atoms with E-state index in [0.717, 1.165) is 30.4 Å². The lowest BCUT2D eigenvalue weighted by Gasteiger charge is -2.17. The molecular formula is C13H18N2O. The number of aryl methyl sites for hydroxylation is 1. The van der Waals surface area contributed by atoms with Gasteiger partial charge < -0.3 is 5.73 Å². The van der Waals surface area contributed by atoms with Crippen molar-refractivity contribution in [2.24, 2.45) is 17.6 Å². The third kappa shape index (κ3) is 2.00. The van der Waals surface area contributed by atoms with Gasteiger partial charge in [-0.1, -0.05) is 6.42 Å². The summed E-state index contributed by atoms with van der Waals surface area (Å²) in [6, 6.07) is 1.89.